The van der Waals surface area contributed by atoms with E-state index in [2.05, 4.69) is 33.1 Å². The van der Waals surface area contributed by atoms with Gasteiger partial charge in [-0.3, -0.25) is 0 Å². The number of hydrogen-bond acceptors (Lipinski definition) is 2. The molecule has 1 aliphatic rings. The summed E-state index contributed by atoms with van der Waals surface area (Å²) < 4.78 is 0.878. The molecule has 0 fully saturated rings. The third kappa shape index (κ3) is 1.05. The van der Waals surface area contributed by atoms with Crippen molar-refractivity contribution < 1.29 is 0 Å². The first-order chi connectivity index (χ1) is 5.27. The zero-order valence-electron chi connectivity index (χ0n) is 5.84. The fourth-order valence-corrected chi connectivity index (χ4v) is 1.50. The van der Waals surface area contributed by atoms with Crippen molar-refractivity contribution in [3.63, 3.8) is 0 Å². The molecule has 0 radical (unpaired) electrons. The molecule has 2 rings (SSSR count). The normalized spacial score (nSPS) is 13.5. The van der Waals surface area contributed by atoms with Gasteiger partial charge >= 0.3 is 0 Å². The molecule has 0 saturated heterocycles. The number of nitrogens with zero attached hydrogens (tertiary/aromatic N) is 1. The predicted molar refractivity (Wildman–Crippen MR) is 49.1 cm³/mol. The average Bonchev–Trinajstić information content (AvgIpc) is 2.36. The van der Waals surface area contributed by atoms with Crippen molar-refractivity contribution in [1.29, 1.82) is 0 Å². The number of pyridine rings is 1. The maximum atomic E-state index is 5.61. The van der Waals surface area contributed by atoms with Gasteiger partial charge in [-0.2, -0.15) is 0 Å². The van der Waals surface area contributed by atoms with E-state index < -0.39 is 0 Å². The summed E-state index contributed by atoms with van der Waals surface area (Å²) in [6.45, 7) is 0. The van der Waals surface area contributed by atoms with E-state index in [0.29, 0.717) is 5.82 Å². The van der Waals surface area contributed by atoms with Crippen LogP contribution in [0.2, 0.25) is 0 Å². The minimum atomic E-state index is 0.576. The molecule has 0 saturated carbocycles. The van der Waals surface area contributed by atoms with Crippen LogP contribution in [0.25, 0.3) is 6.08 Å². The van der Waals surface area contributed by atoms with E-state index in [9.17, 15) is 0 Å². The number of fused-ring (bicyclic) bond motifs is 1. The van der Waals surface area contributed by atoms with E-state index in [-0.39, 0.29) is 0 Å². The van der Waals surface area contributed by atoms with Gasteiger partial charge < -0.3 is 5.73 Å². The summed E-state index contributed by atoms with van der Waals surface area (Å²) in [6, 6.07) is 2.00. The Morgan fingerprint density at radius 3 is 3.18 bits per heavy atom. The van der Waals surface area contributed by atoms with Crippen molar-refractivity contribution >= 4 is 27.8 Å². The van der Waals surface area contributed by atoms with Gasteiger partial charge in [0.15, 0.2) is 0 Å². The largest absolute Gasteiger partial charge is 0.383 e. The van der Waals surface area contributed by atoms with E-state index in [1.54, 1.807) is 0 Å². The molecule has 0 amide bonds. The van der Waals surface area contributed by atoms with Gasteiger partial charge in [-0.1, -0.05) is 12.2 Å². The van der Waals surface area contributed by atoms with Crippen LogP contribution in [-0.2, 0) is 6.42 Å². The fourth-order valence-electron chi connectivity index (χ4n) is 1.16. The Labute approximate surface area is 73.3 Å². The molecule has 0 bridgehead atoms. The van der Waals surface area contributed by atoms with Crippen molar-refractivity contribution in [3.05, 3.63) is 27.9 Å². The van der Waals surface area contributed by atoms with Crippen LogP contribution < -0.4 is 5.73 Å². The molecule has 11 heavy (non-hydrogen) atoms. The minimum absolute atomic E-state index is 0.576. The molecular weight excluding hydrogens is 204 g/mol. The first-order valence-corrected chi connectivity index (χ1v) is 4.18. The van der Waals surface area contributed by atoms with Gasteiger partial charge in [-0.25, -0.2) is 4.98 Å². The number of aromatic nitrogens is 1. The monoisotopic (exact) mass is 210 g/mol. The molecule has 56 valence electrons. The van der Waals surface area contributed by atoms with Gasteiger partial charge in [0.05, 0.1) is 10.2 Å². The molecular formula is C8H7BrN2. The van der Waals surface area contributed by atoms with Crippen molar-refractivity contribution in [2.24, 2.45) is 0 Å². The lowest BCUT2D eigenvalue weighted by atomic mass is 10.2. The second-order valence-electron chi connectivity index (χ2n) is 2.50. The van der Waals surface area contributed by atoms with Gasteiger partial charge in [0.2, 0.25) is 0 Å². The molecule has 1 aromatic rings. The quantitative estimate of drug-likeness (QED) is 0.712. The number of allylic oxidation sites excluding steroid dienone is 1. The lowest BCUT2D eigenvalue weighted by Crippen LogP contribution is -1.96. The first-order valence-electron chi connectivity index (χ1n) is 3.39. The molecule has 0 atom stereocenters. The lowest BCUT2D eigenvalue weighted by Gasteiger charge is -2.01. The third-order valence-corrected chi connectivity index (χ3v) is 2.36. The molecule has 2 N–H and O–H groups in total. The first kappa shape index (κ1) is 6.85. The second-order valence-corrected chi connectivity index (χ2v) is 3.35. The number of nitrogen functional groups attached to an aromatic ring is 1. The summed E-state index contributed by atoms with van der Waals surface area (Å²) in [7, 11) is 0. The molecule has 0 aliphatic heterocycles. The molecule has 1 aromatic heterocycles. The van der Waals surface area contributed by atoms with Crippen LogP contribution in [0.5, 0.6) is 0 Å². The van der Waals surface area contributed by atoms with Gasteiger partial charge in [0.1, 0.15) is 5.82 Å². The van der Waals surface area contributed by atoms with Gasteiger partial charge in [0.25, 0.3) is 0 Å². The Hall–Kier alpha value is -0.830. The number of halogens is 1. The van der Waals surface area contributed by atoms with Crippen molar-refractivity contribution in [1.82, 2.24) is 4.98 Å². The van der Waals surface area contributed by atoms with Crippen molar-refractivity contribution in [3.8, 4) is 0 Å². The van der Waals surface area contributed by atoms with E-state index in [0.717, 1.165) is 16.6 Å². The molecule has 2 nitrogen and oxygen atoms in total. The molecule has 0 unspecified atom stereocenters. The smallest absolute Gasteiger partial charge is 0.138 e. The third-order valence-electron chi connectivity index (χ3n) is 1.72. The van der Waals surface area contributed by atoms with Crippen LogP contribution in [0.15, 0.2) is 16.6 Å². The SMILES string of the molecule is Nc1nc2c(cc1Br)C=CC2. The number of nitrogens with two attached hydrogens (primary N) is 1. The van der Waals surface area contributed by atoms with E-state index in [4.69, 9.17) is 5.73 Å². The van der Waals surface area contributed by atoms with Gasteiger partial charge in [0, 0.05) is 6.42 Å². The highest BCUT2D eigenvalue weighted by Gasteiger charge is 2.08. The summed E-state index contributed by atoms with van der Waals surface area (Å²) in [6.07, 6.45) is 5.06. The van der Waals surface area contributed by atoms with Crippen LogP contribution in [-0.4, -0.2) is 4.98 Å². The highest BCUT2D eigenvalue weighted by molar-refractivity contribution is 9.10. The lowest BCUT2D eigenvalue weighted by molar-refractivity contribution is 1.13. The highest BCUT2D eigenvalue weighted by Crippen LogP contribution is 2.25. The average molecular weight is 211 g/mol. The zero-order valence-corrected chi connectivity index (χ0v) is 7.43. The number of rotatable bonds is 0. The standard InChI is InChI=1S/C8H7BrN2/c9-6-4-5-2-1-3-7(5)11-8(6)10/h1-2,4H,3H2,(H2,10,11). The topological polar surface area (TPSA) is 38.9 Å². The van der Waals surface area contributed by atoms with Gasteiger partial charge in [-0.15, -0.1) is 0 Å². The highest BCUT2D eigenvalue weighted by atomic mass is 79.9. The second kappa shape index (κ2) is 2.34. The molecule has 1 aliphatic carbocycles. The molecule has 1 heterocycles. The maximum Gasteiger partial charge on any atom is 0.138 e. The molecule has 0 aromatic carbocycles. The van der Waals surface area contributed by atoms with Gasteiger partial charge in [-0.05, 0) is 27.6 Å². The van der Waals surface area contributed by atoms with E-state index >= 15 is 0 Å². The minimum Gasteiger partial charge on any atom is -0.383 e. The Balaban J connectivity index is 2.63. The van der Waals surface area contributed by atoms with Crippen LogP contribution in [0.1, 0.15) is 11.3 Å². The number of hydrogen-bond donors (Lipinski definition) is 1. The summed E-state index contributed by atoms with van der Waals surface area (Å²) in [5.41, 5.74) is 7.85. The van der Waals surface area contributed by atoms with E-state index in [1.807, 2.05) is 6.07 Å². The predicted octanol–water partition coefficient (Wildman–Crippen LogP) is 2.00. The van der Waals surface area contributed by atoms with Crippen LogP contribution in [0.3, 0.4) is 0 Å². The van der Waals surface area contributed by atoms with Crippen LogP contribution in [0, 0.1) is 0 Å². The van der Waals surface area contributed by atoms with Crippen LogP contribution >= 0.6 is 15.9 Å². The van der Waals surface area contributed by atoms with E-state index in [1.165, 1.54) is 5.56 Å². The maximum absolute atomic E-state index is 5.61. The zero-order chi connectivity index (χ0) is 7.84. The van der Waals surface area contributed by atoms with Crippen LogP contribution in [0.4, 0.5) is 5.82 Å². The Kier molecular flexibility index (Phi) is 1.46. The van der Waals surface area contributed by atoms with Crippen molar-refractivity contribution in [2.45, 2.75) is 6.42 Å². The Bertz CT molecular complexity index is 331. The summed E-state index contributed by atoms with van der Waals surface area (Å²) in [5, 5.41) is 0. The molecule has 0 spiro atoms. The number of anilines is 1. The molecule has 3 heteroatoms. The fraction of sp³-hybridized carbons (Fsp3) is 0.125. The van der Waals surface area contributed by atoms with Crippen molar-refractivity contribution in [2.75, 3.05) is 5.73 Å². The summed E-state index contributed by atoms with van der Waals surface area (Å²) in [5.74, 6) is 0.576. The Morgan fingerprint density at radius 1 is 1.55 bits per heavy atom. The Morgan fingerprint density at radius 2 is 2.36 bits per heavy atom. The summed E-state index contributed by atoms with van der Waals surface area (Å²) >= 11 is 3.33. The summed E-state index contributed by atoms with van der Waals surface area (Å²) in [4.78, 5) is 4.22.